The number of hydrogen-bond donors (Lipinski definition) is 32. The van der Waals surface area contributed by atoms with Gasteiger partial charge in [-0.15, -0.1) is 0 Å². The van der Waals surface area contributed by atoms with E-state index in [4.69, 9.17) is 90.0 Å². The minimum atomic E-state index is -2.40. The third kappa shape index (κ3) is 22.9. The van der Waals surface area contributed by atoms with Crippen LogP contribution in [0, 0.1) is 0 Å². The number of aliphatic hydroxyl groups is 27. The predicted molar refractivity (Wildman–Crippen MR) is 388 cm³/mol. The van der Waals surface area contributed by atoms with Gasteiger partial charge in [-0.2, -0.15) is 0 Å². The molecule has 5 amide bonds. The molecule has 0 aromatic heterocycles. The molecule has 0 spiro atoms. The summed E-state index contributed by atoms with van der Waals surface area (Å²) in [4.78, 5) is 63.9. The van der Waals surface area contributed by atoms with Gasteiger partial charge in [0.1, 0.15) is 244 Å². The summed E-state index contributed by atoms with van der Waals surface area (Å²) >= 11 is 0. The molecule has 10 fully saturated rings. The van der Waals surface area contributed by atoms with Crippen LogP contribution in [-0.2, 0) is 114 Å². The van der Waals surface area contributed by atoms with E-state index in [-0.39, 0.29) is 0 Å². The SMILES string of the molecule is CC(=O)N[C@H]1[C@H](O[C@H]2[C@@H](O)[C@@H](CO)O[C@@H](O[C@H]3[C@H](O)[C@@H](NC(C)=O)[C@H](O[C@H]4[C@@H](O)[C@@H](CO)O[C@@H](O[C@H]5[C@H](O)[C@@H](NC(C)=O)[C@H](O[C@H]6[C@@H](O)[C@@H](CO)O[C@@H](O[C@H]7[C@H](O)[C@@H](NC(C)=O)[C@H](OC[C@H]8OC(O)[C@H](NC(C)=O)[C@@H](O[C@@H]9O[C@H](CO)[C@H](O)[C@H](O)[C@H]9O)[C@H]8O)O[C@@H]7CO)[C@@H]6O)O[C@@H]5CO)[C@@H]4O)O[C@@H]3CO)[C@@H]2O)O[C@H](CO)[C@@H](O[C@@H]2O[C@H](CO)[C@H](O)[C@H](O)[C@H]2O)[C@@H]1O. The Hall–Kier alpha value is -4.49. The number of carbonyl (C=O) groups excluding carboxylic acids is 5. The molecule has 1 unspecified atom stereocenters. The van der Waals surface area contributed by atoms with Gasteiger partial charge >= 0.3 is 0 Å². The number of hydrogen-bond acceptors (Lipinski definition) is 51. The maximum Gasteiger partial charge on any atom is 0.217 e. The molecule has 0 bridgehead atoms. The third-order valence-corrected chi connectivity index (χ3v) is 22.9. The van der Waals surface area contributed by atoms with Crippen molar-refractivity contribution in [2.45, 2.75) is 341 Å². The van der Waals surface area contributed by atoms with Crippen LogP contribution >= 0.6 is 0 Å². The molecule has 10 saturated heterocycles. The van der Waals surface area contributed by atoms with Crippen LogP contribution < -0.4 is 26.6 Å². The Kier molecular flexibility index (Phi) is 37.4. The first-order chi connectivity index (χ1) is 59.6. The number of carbonyl (C=O) groups is 5. The molecule has 10 aliphatic heterocycles. The van der Waals surface area contributed by atoms with E-state index >= 15 is 0 Å². The summed E-state index contributed by atoms with van der Waals surface area (Å²) in [6.45, 7) is -5.84. The average Bonchev–Trinajstić information content (AvgIpc) is 0.766. The van der Waals surface area contributed by atoms with Crippen molar-refractivity contribution in [1.29, 1.82) is 0 Å². The van der Waals surface area contributed by atoms with Gasteiger partial charge in [0.05, 0.1) is 66.1 Å². The fourth-order valence-corrected chi connectivity index (χ4v) is 16.4. The average molecular weight is 1840 g/mol. The van der Waals surface area contributed by atoms with E-state index in [1.165, 1.54) is 0 Å². The van der Waals surface area contributed by atoms with Gasteiger partial charge in [-0.05, 0) is 0 Å². The van der Waals surface area contributed by atoms with Crippen LogP contribution in [0.4, 0.5) is 0 Å². The number of rotatable bonds is 33. The van der Waals surface area contributed by atoms with Crippen LogP contribution in [0.15, 0.2) is 0 Å². The summed E-state index contributed by atoms with van der Waals surface area (Å²) in [6.07, 6.45) is -90.8. The summed E-state index contributed by atoms with van der Waals surface area (Å²) < 4.78 is 111. The van der Waals surface area contributed by atoms with Gasteiger partial charge in [-0.3, -0.25) is 24.0 Å². The first-order valence-corrected chi connectivity index (χ1v) is 40.1. The minimum absolute atomic E-state index is 0.803. The lowest BCUT2D eigenvalue weighted by Gasteiger charge is -2.51. The number of amides is 5. The van der Waals surface area contributed by atoms with Crippen molar-refractivity contribution in [1.82, 2.24) is 26.6 Å². The lowest BCUT2D eigenvalue weighted by molar-refractivity contribution is -0.389. The second-order valence-corrected chi connectivity index (χ2v) is 31.7. The summed E-state index contributed by atoms with van der Waals surface area (Å²) in [6, 6.07) is -9.22. The zero-order chi connectivity index (χ0) is 92.8. The fraction of sp³-hybridized carbons (Fsp3) is 0.929. The van der Waals surface area contributed by atoms with E-state index in [0.29, 0.717) is 0 Å². The van der Waals surface area contributed by atoms with Gasteiger partial charge in [0.25, 0.3) is 0 Å². The fourth-order valence-electron chi connectivity index (χ4n) is 16.4. The van der Waals surface area contributed by atoms with E-state index in [2.05, 4.69) is 26.6 Å². The number of ether oxygens (including phenoxy) is 19. The number of nitrogens with one attached hydrogen (secondary N) is 5. The molecule has 50 atom stereocenters. The van der Waals surface area contributed by atoms with Crippen LogP contribution in [0.25, 0.3) is 0 Å². The number of aliphatic hydroxyl groups excluding tert-OH is 27. The van der Waals surface area contributed by atoms with Crippen LogP contribution in [-0.4, -0.2) is 540 Å². The van der Waals surface area contributed by atoms with Crippen molar-refractivity contribution in [2.24, 2.45) is 0 Å². The molecule has 56 heteroatoms. The third-order valence-electron chi connectivity index (χ3n) is 22.9. The Balaban J connectivity index is 0.814. The molecule has 10 rings (SSSR count). The highest BCUT2D eigenvalue weighted by molar-refractivity contribution is 5.75. The second kappa shape index (κ2) is 45.5. The monoisotopic (exact) mass is 1840 g/mol. The Labute approximate surface area is 713 Å². The van der Waals surface area contributed by atoms with Crippen molar-refractivity contribution < 1.29 is 252 Å². The molecule has 0 aromatic carbocycles. The molecule has 728 valence electrons. The van der Waals surface area contributed by atoms with Crippen LogP contribution in [0.1, 0.15) is 34.6 Å². The Morgan fingerprint density at radius 3 is 0.675 bits per heavy atom. The van der Waals surface area contributed by atoms with E-state index < -0.39 is 402 Å². The molecule has 126 heavy (non-hydrogen) atoms. The molecule has 0 aliphatic carbocycles. The Bertz CT molecular complexity index is 3440. The zero-order valence-electron chi connectivity index (χ0n) is 67.8. The van der Waals surface area contributed by atoms with Gasteiger partial charge in [-0.25, -0.2) is 0 Å². The highest BCUT2D eigenvalue weighted by Crippen LogP contribution is 2.41. The van der Waals surface area contributed by atoms with E-state index in [9.17, 15) is 162 Å². The van der Waals surface area contributed by atoms with E-state index in [1.807, 2.05) is 0 Å². The molecule has 0 radical (unpaired) electrons. The van der Waals surface area contributed by atoms with Crippen LogP contribution in [0.2, 0.25) is 0 Å². The van der Waals surface area contributed by atoms with E-state index in [0.717, 1.165) is 34.6 Å². The molecule has 56 nitrogen and oxygen atoms in total. The predicted octanol–water partition coefficient (Wildman–Crippen LogP) is -22.1. The quantitative estimate of drug-likeness (QED) is 0.0290. The molecule has 10 aliphatic rings. The van der Waals surface area contributed by atoms with Gasteiger partial charge in [0.2, 0.25) is 29.5 Å². The second-order valence-electron chi connectivity index (χ2n) is 31.7. The normalized spacial score (nSPS) is 48.4. The molecule has 0 aromatic rings. The highest BCUT2D eigenvalue weighted by Gasteiger charge is 2.62. The van der Waals surface area contributed by atoms with Gasteiger partial charge in [-0.1, -0.05) is 0 Å². The molecule has 10 heterocycles. The smallest absolute Gasteiger partial charge is 0.217 e. The molecular weight excluding hydrogens is 1730 g/mol. The van der Waals surface area contributed by atoms with Crippen molar-refractivity contribution in [3.8, 4) is 0 Å². The molecule has 0 saturated carbocycles. The summed E-state index contributed by atoms with van der Waals surface area (Å²) in [5, 5.41) is 311. The maximum absolute atomic E-state index is 13.1. The summed E-state index contributed by atoms with van der Waals surface area (Å²) in [7, 11) is 0. The van der Waals surface area contributed by atoms with E-state index in [1.54, 1.807) is 0 Å². The van der Waals surface area contributed by atoms with Crippen molar-refractivity contribution in [3.63, 3.8) is 0 Å². The van der Waals surface area contributed by atoms with Crippen LogP contribution in [0.5, 0.6) is 0 Å². The van der Waals surface area contributed by atoms with Gasteiger partial charge in [0.15, 0.2) is 62.9 Å². The lowest BCUT2D eigenvalue weighted by atomic mass is 9.93. The Morgan fingerprint density at radius 1 is 0.206 bits per heavy atom. The minimum Gasteiger partial charge on any atom is -0.394 e. The van der Waals surface area contributed by atoms with Crippen molar-refractivity contribution in [3.05, 3.63) is 0 Å². The molecule has 32 N–H and O–H groups in total. The topological polar surface area (TPSA) is 867 Å². The summed E-state index contributed by atoms with van der Waals surface area (Å²) in [5.74, 6) is -4.51. The largest absolute Gasteiger partial charge is 0.394 e. The van der Waals surface area contributed by atoms with Crippen LogP contribution in [0.3, 0.4) is 0 Å². The zero-order valence-corrected chi connectivity index (χ0v) is 67.8. The highest BCUT2D eigenvalue weighted by atomic mass is 16.8. The molecular formula is C70H117N5O51. The first-order valence-electron chi connectivity index (χ1n) is 40.1. The van der Waals surface area contributed by atoms with Crippen molar-refractivity contribution in [2.75, 3.05) is 66.1 Å². The Morgan fingerprint density at radius 2 is 0.413 bits per heavy atom. The maximum atomic E-state index is 13.1. The lowest BCUT2D eigenvalue weighted by Crippen LogP contribution is -2.71. The summed E-state index contributed by atoms with van der Waals surface area (Å²) in [5.41, 5.74) is 0. The van der Waals surface area contributed by atoms with Gasteiger partial charge in [0, 0.05) is 34.6 Å². The van der Waals surface area contributed by atoms with Gasteiger partial charge < -0.3 is 254 Å². The van der Waals surface area contributed by atoms with Crippen molar-refractivity contribution >= 4 is 29.5 Å². The first kappa shape index (κ1) is 104. The standard InChI is InChI=1S/C70H117N5O51/c1-16(85)71-31-42(96)53(26(11-81)115-62(31)108-15-30-41(95)57(35(61(107)109-30)75-20(5)89)123-67-49(103)47(101)37(91)22(7-77)111-67)120-68-50(104)58(38(92)23(8-78)112-68)125-64-33(73-18(3)87)44(98)55(28(13-83)117-64)122-70-52(106)60(40(94)25(10-80)114-70)126-65-34(74-19(4)88)45(99)56(29(14-84)118-65)121-69-51(105)59(39(93)24(9-79)113-69)124-63-32(72-17(2)86)43(97)54(27(12-82)116-63)119-66-48(102)46(100)36(90)21(6-76)110-66/h21-70,76-84,90-107H,6-15H2,1-5H3,(H,71,85)(H,72,86)(H,73,87)(H,74,88)(H,75,89)/t21-,22-,23-,24-,25-,26-,27-,28-,29-,30-,31-,32-,33-,34-,35-,36+,37+,38+,39+,40+,41+,42-,43-,44-,45-,46+,47+,48-,49-,50-,51-,52-,53-,54-,55-,56-,57-,58+,59+,60+,61?,62-,63+,64+,65+,66+,67+,68+,69+,70+/m1/s1.